The molecule has 0 spiro atoms. The first-order valence-electron chi connectivity index (χ1n) is 5.05. The molecule has 1 aliphatic rings. The maximum atomic E-state index is 4.89. The predicted octanol–water partition coefficient (Wildman–Crippen LogP) is 4.80. The summed E-state index contributed by atoms with van der Waals surface area (Å²) in [5, 5.41) is 0. The second kappa shape index (κ2) is 7.51. The number of fused-ring (bicyclic) bond motifs is 1. The number of hydrogen-bond acceptors (Lipinski definition) is 0. The van der Waals surface area contributed by atoms with Crippen LogP contribution in [0.2, 0.25) is 0 Å². The Balaban J connectivity index is 0.000000337. The zero-order chi connectivity index (χ0) is 11.1. The van der Waals surface area contributed by atoms with Crippen LogP contribution < -0.4 is 0 Å². The van der Waals surface area contributed by atoms with Crippen LogP contribution in [-0.4, -0.2) is 0 Å². The molecule has 0 aliphatic heterocycles. The Hall–Kier alpha value is 0.254. The van der Waals surface area contributed by atoms with Crippen LogP contribution in [0.4, 0.5) is 0 Å². The number of benzene rings is 1. The van der Waals surface area contributed by atoms with E-state index in [2.05, 4.69) is 37.3 Å². The Morgan fingerprint density at radius 3 is 2.53 bits per heavy atom. The van der Waals surface area contributed by atoms with Crippen LogP contribution in [0.25, 0.3) is 6.08 Å². The molecule has 1 aromatic carbocycles. The van der Waals surface area contributed by atoms with Gasteiger partial charge in [-0.15, -0.1) is 0 Å². The van der Waals surface area contributed by atoms with E-state index in [9.17, 15) is 0 Å². The quantitative estimate of drug-likeness (QED) is 0.681. The van der Waals surface area contributed by atoms with Crippen LogP contribution in [-0.2, 0) is 23.5 Å². The van der Waals surface area contributed by atoms with Gasteiger partial charge in [-0.2, -0.15) is 0 Å². The topological polar surface area (TPSA) is 0 Å². The minimum atomic E-state index is -0.556. The van der Waals surface area contributed by atoms with Crippen molar-refractivity contribution in [3.8, 4) is 0 Å². The Labute approximate surface area is 108 Å². The summed E-state index contributed by atoms with van der Waals surface area (Å²) in [4.78, 5) is 0. The average Bonchev–Trinajstić information content (AvgIpc) is 2.61. The van der Waals surface area contributed by atoms with E-state index in [1.165, 1.54) is 30.4 Å². The van der Waals surface area contributed by atoms with Gasteiger partial charge in [0.15, 0.2) is 0 Å². The Bertz CT molecular complexity index is 334. The fraction of sp³-hybridized carbons (Fsp3) is 0.333. The van der Waals surface area contributed by atoms with Gasteiger partial charge in [-0.1, -0.05) is 49.3 Å². The molecule has 0 N–H and O–H groups in total. The van der Waals surface area contributed by atoms with E-state index in [4.69, 9.17) is 18.6 Å². The van der Waals surface area contributed by atoms with Crippen LogP contribution in [0.3, 0.4) is 0 Å². The van der Waals surface area contributed by atoms with E-state index < -0.39 is 17.0 Å². The molecule has 0 saturated heterocycles. The first kappa shape index (κ1) is 13.3. The van der Waals surface area contributed by atoms with Crippen molar-refractivity contribution in [1.29, 1.82) is 0 Å². The fourth-order valence-electron chi connectivity index (χ4n) is 1.83. The van der Waals surface area contributed by atoms with Crippen molar-refractivity contribution in [2.75, 3.05) is 0 Å². The van der Waals surface area contributed by atoms with E-state index in [1.807, 2.05) is 0 Å². The molecule has 1 aromatic rings. The van der Waals surface area contributed by atoms with Gasteiger partial charge >= 0.3 is 35.6 Å². The van der Waals surface area contributed by atoms with Gasteiger partial charge in [-0.05, 0) is 24.0 Å². The third-order valence-electron chi connectivity index (χ3n) is 2.40. The van der Waals surface area contributed by atoms with Crippen LogP contribution >= 0.6 is 18.6 Å². The molecule has 0 bridgehead atoms. The van der Waals surface area contributed by atoms with Crippen molar-refractivity contribution >= 4 is 24.7 Å². The number of halogens is 2. The molecule has 0 unspecified atom stereocenters. The van der Waals surface area contributed by atoms with E-state index in [-0.39, 0.29) is 0 Å². The molecule has 2 rings (SSSR count). The van der Waals surface area contributed by atoms with Crippen molar-refractivity contribution in [2.24, 2.45) is 0 Å². The zero-order valence-electron chi connectivity index (χ0n) is 8.76. The van der Waals surface area contributed by atoms with Crippen molar-refractivity contribution in [3.63, 3.8) is 0 Å². The van der Waals surface area contributed by atoms with Gasteiger partial charge in [-0.25, -0.2) is 0 Å². The van der Waals surface area contributed by atoms with Crippen molar-refractivity contribution in [1.82, 2.24) is 0 Å². The van der Waals surface area contributed by atoms with Gasteiger partial charge in [-0.3, -0.25) is 0 Å². The van der Waals surface area contributed by atoms with Crippen LogP contribution in [0.1, 0.15) is 30.9 Å². The summed E-state index contributed by atoms with van der Waals surface area (Å²) in [6.07, 6.45) is 6.05. The molecule has 1 aliphatic carbocycles. The number of allylic oxidation sites excluding steroid dienone is 1. The first-order chi connectivity index (χ1) is 7.31. The Morgan fingerprint density at radius 1 is 1.27 bits per heavy atom. The molecule has 0 aromatic heterocycles. The second-order valence-corrected chi connectivity index (χ2v) is 6.08. The zero-order valence-corrected chi connectivity index (χ0v) is 11.8. The van der Waals surface area contributed by atoms with Gasteiger partial charge in [0.2, 0.25) is 0 Å². The van der Waals surface area contributed by atoms with Gasteiger partial charge in [0.25, 0.3) is 0 Å². The SMILES string of the molecule is CCCC1=Cc2ccccc2C1.[Cl][Ti][Cl]. The molecule has 0 atom stereocenters. The monoisotopic (exact) mass is 276 g/mol. The average molecular weight is 277 g/mol. The predicted molar refractivity (Wildman–Crippen MR) is 64.7 cm³/mol. The van der Waals surface area contributed by atoms with Gasteiger partial charge < -0.3 is 0 Å². The van der Waals surface area contributed by atoms with E-state index in [0.717, 1.165) is 0 Å². The molecule has 0 nitrogen and oxygen atoms in total. The molecule has 15 heavy (non-hydrogen) atoms. The maximum absolute atomic E-state index is 4.89. The summed E-state index contributed by atoms with van der Waals surface area (Å²) in [5.74, 6) is 0. The standard InChI is InChI=1S/C12H14.2ClH.Ti/c1-2-5-10-8-11-6-3-4-7-12(11)9-10;;;/h3-4,6-8H,2,5,9H2,1H3;2*1H;/q;;;+2/p-2. The second-order valence-electron chi connectivity index (χ2n) is 3.50. The van der Waals surface area contributed by atoms with E-state index >= 15 is 0 Å². The summed E-state index contributed by atoms with van der Waals surface area (Å²) >= 11 is -0.556. The molecular weight excluding hydrogens is 263 g/mol. The summed E-state index contributed by atoms with van der Waals surface area (Å²) in [6, 6.07) is 8.68. The molecule has 0 heterocycles. The summed E-state index contributed by atoms with van der Waals surface area (Å²) < 4.78 is 0. The van der Waals surface area contributed by atoms with Gasteiger partial charge in [0.05, 0.1) is 0 Å². The molecule has 0 radical (unpaired) electrons. The number of hydrogen-bond donors (Lipinski definition) is 0. The molecule has 0 saturated carbocycles. The summed E-state index contributed by atoms with van der Waals surface area (Å²) in [5.41, 5.74) is 4.53. The van der Waals surface area contributed by atoms with Crippen molar-refractivity contribution in [2.45, 2.75) is 26.2 Å². The Morgan fingerprint density at radius 2 is 1.93 bits per heavy atom. The first-order valence-corrected chi connectivity index (χ1v) is 9.35. The molecule has 0 fully saturated rings. The minimum absolute atomic E-state index is 0.556. The van der Waals surface area contributed by atoms with Crippen LogP contribution in [0.15, 0.2) is 29.8 Å². The fourth-order valence-corrected chi connectivity index (χ4v) is 1.83. The molecule has 3 heteroatoms. The number of rotatable bonds is 2. The molecule has 80 valence electrons. The van der Waals surface area contributed by atoms with Crippen molar-refractivity contribution in [3.05, 3.63) is 41.0 Å². The summed E-state index contributed by atoms with van der Waals surface area (Å²) in [7, 11) is 9.78. The summed E-state index contributed by atoms with van der Waals surface area (Å²) in [6.45, 7) is 2.24. The van der Waals surface area contributed by atoms with Crippen LogP contribution in [0, 0.1) is 0 Å². The van der Waals surface area contributed by atoms with Crippen LogP contribution in [0.5, 0.6) is 0 Å². The third-order valence-corrected chi connectivity index (χ3v) is 2.40. The van der Waals surface area contributed by atoms with E-state index in [1.54, 1.807) is 5.57 Å². The third kappa shape index (κ3) is 4.32. The normalized spacial score (nSPS) is 12.3. The van der Waals surface area contributed by atoms with E-state index in [0.29, 0.717) is 0 Å². The van der Waals surface area contributed by atoms with Gasteiger partial charge in [0.1, 0.15) is 0 Å². The Kier molecular flexibility index (Phi) is 6.67. The molecular formula is C12H14Cl2Ti. The van der Waals surface area contributed by atoms with Crippen molar-refractivity contribution < 1.29 is 17.0 Å². The van der Waals surface area contributed by atoms with Gasteiger partial charge in [0, 0.05) is 0 Å². The molecule has 0 amide bonds.